The quantitative estimate of drug-likeness (QED) is 0.746. The molecule has 0 unspecified atom stereocenters. The number of carbonyl (C=O) groups excluding carboxylic acids is 2. The molecule has 0 heterocycles. The van der Waals surface area contributed by atoms with E-state index in [2.05, 4.69) is 10.6 Å². The first-order chi connectivity index (χ1) is 8.19. The fourth-order valence-electron chi connectivity index (χ4n) is 1.35. The van der Waals surface area contributed by atoms with Crippen LogP contribution in [0.2, 0.25) is 0 Å². The van der Waals surface area contributed by atoms with E-state index < -0.39 is 11.8 Å². The molecule has 0 aliphatic heterocycles. The summed E-state index contributed by atoms with van der Waals surface area (Å²) < 4.78 is 5.13. The average Bonchev–Trinajstić information content (AvgIpc) is 2.36. The van der Waals surface area contributed by atoms with Crippen LogP contribution < -0.4 is 15.4 Å². The summed E-state index contributed by atoms with van der Waals surface area (Å²) in [5.41, 5.74) is 0.827. The normalized spacial score (nSPS) is 9.53. The molecule has 0 aliphatic carbocycles. The van der Waals surface area contributed by atoms with Crippen LogP contribution in [-0.2, 0) is 16.1 Å². The van der Waals surface area contributed by atoms with Gasteiger partial charge in [0.1, 0.15) is 5.75 Å². The summed E-state index contributed by atoms with van der Waals surface area (Å²) in [4.78, 5) is 22.5. The smallest absolute Gasteiger partial charge is 0.309 e. The lowest BCUT2D eigenvalue weighted by Gasteiger charge is -2.09. The van der Waals surface area contributed by atoms with Gasteiger partial charge in [-0.1, -0.05) is 18.2 Å². The van der Waals surface area contributed by atoms with Gasteiger partial charge in [-0.25, -0.2) is 0 Å². The van der Waals surface area contributed by atoms with Crippen molar-refractivity contribution in [2.24, 2.45) is 0 Å². The lowest BCUT2D eigenvalue weighted by molar-refractivity contribution is -0.139. The molecule has 2 N–H and O–H groups in total. The summed E-state index contributed by atoms with van der Waals surface area (Å²) in [7, 11) is 1.56. The van der Waals surface area contributed by atoms with Crippen LogP contribution in [-0.4, -0.2) is 25.5 Å². The largest absolute Gasteiger partial charge is 0.496 e. The molecule has 0 atom stereocenters. The van der Waals surface area contributed by atoms with Gasteiger partial charge in [0.2, 0.25) is 0 Å². The Morgan fingerprint density at radius 3 is 2.47 bits per heavy atom. The Bertz CT molecular complexity index is 404. The number of rotatable bonds is 4. The molecular weight excluding hydrogens is 220 g/mol. The zero-order valence-corrected chi connectivity index (χ0v) is 9.95. The minimum absolute atomic E-state index is 0.264. The Labute approximate surface area is 100 Å². The maximum Gasteiger partial charge on any atom is 0.309 e. The third-order valence-corrected chi connectivity index (χ3v) is 2.18. The van der Waals surface area contributed by atoms with Gasteiger partial charge in [0.15, 0.2) is 0 Å². The van der Waals surface area contributed by atoms with E-state index >= 15 is 0 Å². The van der Waals surface area contributed by atoms with E-state index in [1.807, 2.05) is 18.2 Å². The zero-order valence-electron chi connectivity index (χ0n) is 9.95. The molecule has 5 nitrogen and oxygen atoms in total. The molecule has 0 aromatic heterocycles. The van der Waals surface area contributed by atoms with E-state index in [9.17, 15) is 9.59 Å². The fraction of sp³-hybridized carbons (Fsp3) is 0.333. The van der Waals surface area contributed by atoms with Crippen molar-refractivity contribution in [3.8, 4) is 5.75 Å². The summed E-state index contributed by atoms with van der Waals surface area (Å²) in [6, 6.07) is 7.31. The molecule has 1 aromatic carbocycles. The molecule has 2 amide bonds. The molecule has 0 saturated heterocycles. The first-order valence-electron chi connectivity index (χ1n) is 5.37. The second kappa shape index (κ2) is 6.52. The summed E-state index contributed by atoms with van der Waals surface area (Å²) in [6.45, 7) is 2.45. The van der Waals surface area contributed by atoms with E-state index in [0.29, 0.717) is 12.3 Å². The number of likely N-dealkylation sites (N-methyl/N-ethyl adjacent to an activating group) is 1. The molecule has 0 spiro atoms. The van der Waals surface area contributed by atoms with Crippen LogP contribution in [0, 0.1) is 0 Å². The SMILES string of the molecule is CCNC(=O)C(=O)NCc1ccccc1OC. The lowest BCUT2D eigenvalue weighted by atomic mass is 10.2. The van der Waals surface area contributed by atoms with Crippen LogP contribution in [0.1, 0.15) is 12.5 Å². The molecule has 92 valence electrons. The molecule has 0 aliphatic rings. The number of nitrogens with one attached hydrogen (secondary N) is 2. The molecule has 1 aromatic rings. The molecule has 0 bridgehead atoms. The highest BCUT2D eigenvalue weighted by atomic mass is 16.5. The summed E-state index contributed by atoms with van der Waals surface area (Å²) in [6.07, 6.45) is 0. The van der Waals surface area contributed by atoms with Crippen LogP contribution in [0.5, 0.6) is 5.75 Å². The van der Waals surface area contributed by atoms with Crippen molar-refractivity contribution < 1.29 is 14.3 Å². The number of hydrogen-bond donors (Lipinski definition) is 2. The van der Waals surface area contributed by atoms with Crippen molar-refractivity contribution in [3.05, 3.63) is 29.8 Å². The highest BCUT2D eigenvalue weighted by molar-refractivity contribution is 6.35. The van der Waals surface area contributed by atoms with Gasteiger partial charge in [-0.2, -0.15) is 0 Å². The van der Waals surface area contributed by atoms with E-state index in [-0.39, 0.29) is 6.54 Å². The van der Waals surface area contributed by atoms with Crippen LogP contribution >= 0.6 is 0 Å². The predicted molar refractivity (Wildman–Crippen MR) is 63.5 cm³/mol. The predicted octanol–water partition coefficient (Wildman–Crippen LogP) is 0.448. The minimum Gasteiger partial charge on any atom is -0.496 e. The van der Waals surface area contributed by atoms with E-state index in [1.165, 1.54) is 0 Å². The van der Waals surface area contributed by atoms with Crippen LogP contribution in [0.3, 0.4) is 0 Å². The Kier molecular flexibility index (Phi) is 5.00. The van der Waals surface area contributed by atoms with E-state index in [0.717, 1.165) is 5.56 Å². The number of para-hydroxylation sites is 1. The topological polar surface area (TPSA) is 67.4 Å². The molecule has 0 radical (unpaired) electrons. The Balaban J connectivity index is 2.55. The molecule has 1 rings (SSSR count). The monoisotopic (exact) mass is 236 g/mol. The van der Waals surface area contributed by atoms with E-state index in [4.69, 9.17) is 4.74 Å². The first kappa shape index (κ1) is 13.0. The van der Waals surface area contributed by atoms with Crippen molar-refractivity contribution in [1.82, 2.24) is 10.6 Å². The van der Waals surface area contributed by atoms with E-state index in [1.54, 1.807) is 20.1 Å². The number of carbonyl (C=O) groups is 2. The number of amides is 2. The number of methoxy groups -OCH3 is 1. The molecule has 17 heavy (non-hydrogen) atoms. The first-order valence-corrected chi connectivity index (χ1v) is 5.37. The third kappa shape index (κ3) is 3.79. The van der Waals surface area contributed by atoms with Crippen LogP contribution in [0.15, 0.2) is 24.3 Å². The maximum atomic E-state index is 11.3. The van der Waals surface area contributed by atoms with Gasteiger partial charge in [-0.05, 0) is 13.0 Å². The van der Waals surface area contributed by atoms with Crippen LogP contribution in [0.4, 0.5) is 0 Å². The van der Waals surface area contributed by atoms with Crippen molar-refractivity contribution in [2.45, 2.75) is 13.5 Å². The molecule has 5 heteroatoms. The lowest BCUT2D eigenvalue weighted by Crippen LogP contribution is -2.39. The van der Waals surface area contributed by atoms with Gasteiger partial charge in [-0.15, -0.1) is 0 Å². The van der Waals surface area contributed by atoms with Gasteiger partial charge in [0, 0.05) is 18.7 Å². The summed E-state index contributed by atoms with van der Waals surface area (Å²) in [5, 5.41) is 4.96. The Morgan fingerprint density at radius 1 is 1.18 bits per heavy atom. The summed E-state index contributed by atoms with van der Waals surface area (Å²) in [5.74, 6) is -0.580. The molecule has 0 fully saturated rings. The Hall–Kier alpha value is -2.04. The van der Waals surface area contributed by atoms with Crippen LogP contribution in [0.25, 0.3) is 0 Å². The fourth-order valence-corrected chi connectivity index (χ4v) is 1.35. The molecule has 0 saturated carbocycles. The van der Waals surface area contributed by atoms with Gasteiger partial charge < -0.3 is 15.4 Å². The minimum atomic E-state index is -0.641. The number of ether oxygens (including phenoxy) is 1. The average molecular weight is 236 g/mol. The third-order valence-electron chi connectivity index (χ3n) is 2.18. The van der Waals surface area contributed by atoms with Crippen molar-refractivity contribution in [2.75, 3.05) is 13.7 Å². The maximum absolute atomic E-state index is 11.3. The second-order valence-corrected chi connectivity index (χ2v) is 3.35. The number of benzene rings is 1. The highest BCUT2D eigenvalue weighted by Crippen LogP contribution is 2.16. The van der Waals surface area contributed by atoms with Gasteiger partial charge in [-0.3, -0.25) is 9.59 Å². The van der Waals surface area contributed by atoms with Gasteiger partial charge >= 0.3 is 11.8 Å². The van der Waals surface area contributed by atoms with Crippen molar-refractivity contribution in [3.63, 3.8) is 0 Å². The Morgan fingerprint density at radius 2 is 1.82 bits per heavy atom. The van der Waals surface area contributed by atoms with Gasteiger partial charge in [0.05, 0.1) is 7.11 Å². The standard InChI is InChI=1S/C12H16N2O3/c1-3-13-11(15)12(16)14-8-9-6-4-5-7-10(9)17-2/h4-7H,3,8H2,1-2H3,(H,13,15)(H,14,16). The van der Waals surface area contributed by atoms with Crippen molar-refractivity contribution >= 4 is 11.8 Å². The second-order valence-electron chi connectivity index (χ2n) is 3.35. The highest BCUT2D eigenvalue weighted by Gasteiger charge is 2.12. The van der Waals surface area contributed by atoms with Crippen molar-refractivity contribution in [1.29, 1.82) is 0 Å². The molecular formula is C12H16N2O3. The zero-order chi connectivity index (χ0) is 12.7. The number of hydrogen-bond acceptors (Lipinski definition) is 3. The summed E-state index contributed by atoms with van der Waals surface area (Å²) >= 11 is 0. The van der Waals surface area contributed by atoms with Gasteiger partial charge in [0.25, 0.3) is 0 Å².